The number of ether oxygens (including phenoxy) is 1. The summed E-state index contributed by atoms with van der Waals surface area (Å²) in [7, 11) is 0. The molecule has 6 heteroatoms. The summed E-state index contributed by atoms with van der Waals surface area (Å²) in [4.78, 5) is 6.87. The highest BCUT2D eigenvalue weighted by atomic mass is 127. The molecule has 0 amide bonds. The minimum atomic E-state index is 0. The highest BCUT2D eigenvalue weighted by Gasteiger charge is 2.08. The molecule has 0 radical (unpaired) electrons. The number of morpholine rings is 1. The molecule has 1 aromatic rings. The molecule has 1 fully saturated rings. The number of halogens is 1. The summed E-state index contributed by atoms with van der Waals surface area (Å²) in [5.41, 5.74) is 8.33. The van der Waals surface area contributed by atoms with Gasteiger partial charge < -0.3 is 15.8 Å². The van der Waals surface area contributed by atoms with Gasteiger partial charge in [-0.2, -0.15) is 0 Å². The molecule has 0 aliphatic carbocycles. The molecule has 1 aromatic carbocycles. The Morgan fingerprint density at radius 1 is 1.24 bits per heavy atom. The summed E-state index contributed by atoms with van der Waals surface area (Å²) in [5.74, 6) is 1.09. The lowest BCUT2D eigenvalue weighted by atomic mass is 9.99. The Morgan fingerprint density at radius 3 is 2.56 bits per heavy atom. The zero-order chi connectivity index (χ0) is 17.2. The second-order valence-electron chi connectivity index (χ2n) is 6.48. The molecule has 142 valence electrons. The van der Waals surface area contributed by atoms with Crippen molar-refractivity contribution in [3.05, 3.63) is 29.8 Å². The zero-order valence-electron chi connectivity index (χ0n) is 15.5. The molecule has 5 nitrogen and oxygen atoms in total. The smallest absolute Gasteiger partial charge is 0.193 e. The van der Waals surface area contributed by atoms with Gasteiger partial charge in [0, 0.05) is 25.3 Å². The normalized spacial score (nSPS) is 17.0. The van der Waals surface area contributed by atoms with Crippen LogP contribution in [0.15, 0.2) is 29.3 Å². The van der Waals surface area contributed by atoms with Crippen LogP contribution in [0.2, 0.25) is 0 Å². The Bertz CT molecular complexity index is 501. The number of nitrogens with two attached hydrogens (primary N) is 1. The summed E-state index contributed by atoms with van der Waals surface area (Å²) in [6.45, 7) is 10.2. The fourth-order valence-electron chi connectivity index (χ4n) is 2.79. The molecule has 3 N–H and O–H groups in total. The number of rotatable bonds is 8. The lowest BCUT2D eigenvalue weighted by molar-refractivity contribution is 0.0373. The highest BCUT2D eigenvalue weighted by molar-refractivity contribution is 14.0. The highest BCUT2D eigenvalue weighted by Crippen LogP contribution is 2.20. The average molecular weight is 460 g/mol. The van der Waals surface area contributed by atoms with E-state index in [2.05, 4.69) is 53.3 Å². The maximum absolute atomic E-state index is 5.97. The summed E-state index contributed by atoms with van der Waals surface area (Å²) >= 11 is 0. The summed E-state index contributed by atoms with van der Waals surface area (Å²) in [5, 5.41) is 3.17. The second kappa shape index (κ2) is 12.5. The number of hydrogen-bond acceptors (Lipinski definition) is 3. The van der Waals surface area contributed by atoms with E-state index >= 15 is 0 Å². The van der Waals surface area contributed by atoms with Crippen LogP contribution in [-0.4, -0.2) is 50.3 Å². The van der Waals surface area contributed by atoms with Crippen molar-refractivity contribution >= 4 is 35.6 Å². The molecule has 1 saturated heterocycles. The van der Waals surface area contributed by atoms with E-state index in [0.29, 0.717) is 11.9 Å². The molecule has 25 heavy (non-hydrogen) atoms. The van der Waals surface area contributed by atoms with Gasteiger partial charge in [0.2, 0.25) is 0 Å². The maximum atomic E-state index is 5.97. The molecule has 1 heterocycles. The lowest BCUT2D eigenvalue weighted by Gasteiger charge is -2.26. The number of hydrogen-bond donors (Lipinski definition) is 2. The van der Waals surface area contributed by atoms with E-state index < -0.39 is 0 Å². The predicted octanol–water partition coefficient (Wildman–Crippen LogP) is 3.66. The standard InChI is InChI=1S/C19H32N4O.HI/c1-3-16(2)17-6-8-18(9-7-17)22-19(20)21-10-4-5-11-23-12-14-24-15-13-23;/h6-9,16H,3-5,10-15H2,1-2H3,(H3,20,21,22);1H. The fourth-order valence-corrected chi connectivity index (χ4v) is 2.79. The van der Waals surface area contributed by atoms with E-state index in [0.717, 1.165) is 64.3 Å². The van der Waals surface area contributed by atoms with Crippen LogP contribution in [0, 0.1) is 0 Å². The van der Waals surface area contributed by atoms with Crippen LogP contribution in [0.1, 0.15) is 44.6 Å². The summed E-state index contributed by atoms with van der Waals surface area (Å²) < 4.78 is 5.35. The molecule has 0 spiro atoms. The minimum absolute atomic E-state index is 0. The number of unbranched alkanes of at least 4 members (excludes halogenated alkanes) is 1. The Balaban J connectivity index is 0.00000312. The van der Waals surface area contributed by atoms with Gasteiger partial charge in [0.25, 0.3) is 0 Å². The fraction of sp³-hybridized carbons (Fsp3) is 0.632. The quantitative estimate of drug-likeness (QED) is 0.269. The average Bonchev–Trinajstić information content (AvgIpc) is 2.62. The first-order chi connectivity index (χ1) is 11.7. The van der Waals surface area contributed by atoms with Crippen LogP contribution in [0.4, 0.5) is 5.69 Å². The maximum Gasteiger partial charge on any atom is 0.193 e. The SMILES string of the molecule is CCC(C)c1ccc(NC(N)=NCCCCN2CCOCC2)cc1.I. The van der Waals surface area contributed by atoms with E-state index in [1.54, 1.807) is 0 Å². The van der Waals surface area contributed by atoms with Crippen LogP contribution >= 0.6 is 24.0 Å². The van der Waals surface area contributed by atoms with E-state index in [1.807, 2.05) is 0 Å². The van der Waals surface area contributed by atoms with Crippen molar-refractivity contribution in [2.45, 2.75) is 39.0 Å². The number of nitrogens with one attached hydrogen (secondary N) is 1. The van der Waals surface area contributed by atoms with Crippen molar-refractivity contribution in [2.24, 2.45) is 10.7 Å². The van der Waals surface area contributed by atoms with Gasteiger partial charge in [-0.3, -0.25) is 9.89 Å². The molecule has 2 rings (SSSR count). The molecule has 0 saturated carbocycles. The van der Waals surface area contributed by atoms with Gasteiger partial charge in [-0.25, -0.2) is 0 Å². The number of benzene rings is 1. The number of aliphatic imine (C=N–C) groups is 1. The van der Waals surface area contributed by atoms with Crippen LogP contribution in [0.3, 0.4) is 0 Å². The van der Waals surface area contributed by atoms with Crippen molar-refractivity contribution in [3.63, 3.8) is 0 Å². The Labute approximate surface area is 169 Å². The van der Waals surface area contributed by atoms with Crippen LogP contribution in [0.5, 0.6) is 0 Å². The van der Waals surface area contributed by atoms with Crippen LogP contribution in [0.25, 0.3) is 0 Å². The van der Waals surface area contributed by atoms with Gasteiger partial charge in [-0.05, 0) is 49.4 Å². The molecule has 1 unspecified atom stereocenters. The van der Waals surface area contributed by atoms with Gasteiger partial charge in [-0.15, -0.1) is 24.0 Å². The molecule has 0 aromatic heterocycles. The number of nitrogens with zero attached hydrogens (tertiary/aromatic N) is 2. The first-order valence-corrected chi connectivity index (χ1v) is 9.16. The van der Waals surface area contributed by atoms with Crippen LogP contribution in [-0.2, 0) is 4.74 Å². The van der Waals surface area contributed by atoms with Crippen molar-refractivity contribution in [2.75, 3.05) is 44.7 Å². The molecule has 1 atom stereocenters. The second-order valence-corrected chi connectivity index (χ2v) is 6.48. The summed E-state index contributed by atoms with van der Waals surface area (Å²) in [6, 6.07) is 8.46. The zero-order valence-corrected chi connectivity index (χ0v) is 17.9. The first kappa shape index (κ1) is 22.2. The van der Waals surface area contributed by atoms with Crippen molar-refractivity contribution in [3.8, 4) is 0 Å². The molecule has 1 aliphatic rings. The predicted molar refractivity (Wildman–Crippen MR) is 117 cm³/mol. The molecular formula is C19H33IN4O. The summed E-state index contributed by atoms with van der Waals surface area (Å²) in [6.07, 6.45) is 3.37. The molecule has 1 aliphatic heterocycles. The van der Waals surface area contributed by atoms with Gasteiger partial charge in [0.1, 0.15) is 0 Å². The third-order valence-corrected chi connectivity index (χ3v) is 4.63. The van der Waals surface area contributed by atoms with Crippen molar-refractivity contribution in [1.29, 1.82) is 0 Å². The van der Waals surface area contributed by atoms with Crippen molar-refractivity contribution < 1.29 is 4.74 Å². The van der Waals surface area contributed by atoms with E-state index in [9.17, 15) is 0 Å². The Morgan fingerprint density at radius 2 is 1.92 bits per heavy atom. The minimum Gasteiger partial charge on any atom is -0.379 e. The van der Waals surface area contributed by atoms with E-state index in [-0.39, 0.29) is 24.0 Å². The van der Waals surface area contributed by atoms with Crippen molar-refractivity contribution in [1.82, 2.24) is 4.90 Å². The van der Waals surface area contributed by atoms with Crippen LogP contribution < -0.4 is 11.1 Å². The number of anilines is 1. The Kier molecular flexibility index (Phi) is 11.1. The largest absolute Gasteiger partial charge is 0.379 e. The van der Waals surface area contributed by atoms with Gasteiger partial charge in [-0.1, -0.05) is 26.0 Å². The number of guanidine groups is 1. The lowest BCUT2D eigenvalue weighted by Crippen LogP contribution is -2.36. The third-order valence-electron chi connectivity index (χ3n) is 4.63. The molecular weight excluding hydrogens is 427 g/mol. The van der Waals surface area contributed by atoms with E-state index in [4.69, 9.17) is 10.5 Å². The van der Waals surface area contributed by atoms with E-state index in [1.165, 1.54) is 5.56 Å². The van der Waals surface area contributed by atoms with Gasteiger partial charge >= 0.3 is 0 Å². The van der Waals surface area contributed by atoms with Gasteiger partial charge in [0.15, 0.2) is 5.96 Å². The third kappa shape index (κ3) is 8.37. The first-order valence-electron chi connectivity index (χ1n) is 9.16. The monoisotopic (exact) mass is 460 g/mol. The molecule has 0 bridgehead atoms. The van der Waals surface area contributed by atoms with Gasteiger partial charge in [0.05, 0.1) is 13.2 Å². The Hall–Kier alpha value is -0.860. The topological polar surface area (TPSA) is 62.9 Å².